The zero-order valence-corrected chi connectivity index (χ0v) is 10.4. The van der Waals surface area contributed by atoms with Gasteiger partial charge in [-0.15, -0.1) is 0 Å². The van der Waals surface area contributed by atoms with Crippen molar-refractivity contribution in [2.75, 3.05) is 18.1 Å². The maximum atomic E-state index is 11.5. The molecule has 0 aliphatic rings. The predicted molar refractivity (Wildman–Crippen MR) is 66.3 cm³/mol. The molecule has 0 bridgehead atoms. The van der Waals surface area contributed by atoms with Gasteiger partial charge in [0.15, 0.2) is 9.84 Å². The van der Waals surface area contributed by atoms with Crippen LogP contribution in [0, 0.1) is 0 Å². The van der Waals surface area contributed by atoms with E-state index in [9.17, 15) is 8.42 Å². The maximum Gasteiger partial charge on any atom is 0.177 e. The molecule has 0 heterocycles. The molecule has 0 aromatic heterocycles. The summed E-state index contributed by atoms with van der Waals surface area (Å²) < 4.78 is 23.0. The third-order valence-electron chi connectivity index (χ3n) is 2.37. The monoisotopic (exact) mass is 242 g/mol. The topological polar surface area (TPSA) is 72.2 Å². The first-order chi connectivity index (χ1) is 7.45. The number of nitrogens with two attached hydrogens (primary N) is 1. The van der Waals surface area contributed by atoms with E-state index in [2.05, 4.69) is 5.32 Å². The van der Waals surface area contributed by atoms with Gasteiger partial charge in [-0.3, -0.25) is 0 Å². The van der Waals surface area contributed by atoms with Crippen molar-refractivity contribution in [1.29, 1.82) is 0 Å². The van der Waals surface area contributed by atoms with E-state index in [1.54, 1.807) is 24.3 Å². The molecule has 0 aliphatic heterocycles. The minimum atomic E-state index is -3.19. The molecule has 1 unspecified atom stereocenters. The van der Waals surface area contributed by atoms with Crippen LogP contribution in [0.3, 0.4) is 0 Å². The first-order valence-corrected chi connectivity index (χ1v) is 7.12. The van der Waals surface area contributed by atoms with Crippen molar-refractivity contribution in [3.05, 3.63) is 24.3 Å². The third-order valence-corrected chi connectivity index (χ3v) is 3.52. The lowest BCUT2D eigenvalue weighted by Gasteiger charge is -2.13. The molecule has 16 heavy (non-hydrogen) atoms. The third kappa shape index (κ3) is 3.50. The van der Waals surface area contributed by atoms with Gasteiger partial charge in [-0.05, 0) is 18.6 Å². The molecular weight excluding hydrogens is 224 g/mol. The van der Waals surface area contributed by atoms with E-state index in [0.29, 0.717) is 17.1 Å². The van der Waals surface area contributed by atoms with E-state index in [1.807, 2.05) is 6.92 Å². The summed E-state index contributed by atoms with van der Waals surface area (Å²) in [6.07, 6.45) is 2.06. The van der Waals surface area contributed by atoms with Crippen molar-refractivity contribution in [2.45, 2.75) is 24.3 Å². The van der Waals surface area contributed by atoms with E-state index < -0.39 is 9.84 Å². The van der Waals surface area contributed by atoms with Crippen LogP contribution in [0.1, 0.15) is 13.3 Å². The van der Waals surface area contributed by atoms with E-state index >= 15 is 0 Å². The maximum absolute atomic E-state index is 11.5. The number of rotatable bonds is 5. The highest BCUT2D eigenvalue weighted by molar-refractivity contribution is 7.90. The molecule has 1 rings (SSSR count). The Morgan fingerprint density at radius 1 is 1.38 bits per heavy atom. The second-order valence-corrected chi connectivity index (χ2v) is 5.80. The molecule has 1 aromatic carbocycles. The van der Waals surface area contributed by atoms with Crippen LogP contribution in [0.5, 0.6) is 0 Å². The predicted octanol–water partition coefficient (Wildman–Crippen LogP) is 1.24. The Kier molecular flexibility index (Phi) is 4.32. The Hall–Kier alpha value is -1.07. The normalized spacial score (nSPS) is 13.4. The minimum absolute atomic E-state index is 0.0348. The zero-order valence-electron chi connectivity index (χ0n) is 9.60. The van der Waals surface area contributed by atoms with Crippen LogP contribution < -0.4 is 11.1 Å². The van der Waals surface area contributed by atoms with Gasteiger partial charge < -0.3 is 11.1 Å². The SMILES string of the molecule is CCC(N)CNc1ccccc1S(C)(=O)=O. The number of anilines is 1. The standard InChI is InChI=1S/C11H18N2O2S/c1-3-9(12)8-13-10-6-4-5-7-11(10)16(2,14)15/h4-7,9,13H,3,8,12H2,1-2H3. The van der Waals surface area contributed by atoms with Crippen molar-refractivity contribution in [2.24, 2.45) is 5.73 Å². The fourth-order valence-electron chi connectivity index (χ4n) is 1.32. The Morgan fingerprint density at radius 3 is 2.56 bits per heavy atom. The highest BCUT2D eigenvalue weighted by Gasteiger charge is 2.12. The smallest absolute Gasteiger partial charge is 0.177 e. The minimum Gasteiger partial charge on any atom is -0.382 e. The highest BCUT2D eigenvalue weighted by atomic mass is 32.2. The molecule has 0 amide bonds. The lowest BCUT2D eigenvalue weighted by atomic mass is 10.2. The van der Waals surface area contributed by atoms with Crippen LogP contribution >= 0.6 is 0 Å². The summed E-state index contributed by atoms with van der Waals surface area (Å²) in [7, 11) is -3.19. The van der Waals surface area contributed by atoms with E-state index in [0.717, 1.165) is 6.42 Å². The first-order valence-electron chi connectivity index (χ1n) is 5.23. The molecular formula is C11H18N2O2S. The quantitative estimate of drug-likeness (QED) is 0.815. The summed E-state index contributed by atoms with van der Waals surface area (Å²) in [5.41, 5.74) is 6.39. The van der Waals surface area contributed by atoms with Crippen LogP contribution in [0.15, 0.2) is 29.2 Å². The number of hydrogen-bond donors (Lipinski definition) is 2. The summed E-state index contributed by atoms with van der Waals surface area (Å²) in [5, 5.41) is 3.07. The number of hydrogen-bond acceptors (Lipinski definition) is 4. The molecule has 0 aliphatic carbocycles. The van der Waals surface area contributed by atoms with Crippen LogP contribution in [0.4, 0.5) is 5.69 Å². The average Bonchev–Trinajstić information content (AvgIpc) is 2.25. The van der Waals surface area contributed by atoms with Gasteiger partial charge in [-0.1, -0.05) is 19.1 Å². The van der Waals surface area contributed by atoms with Gasteiger partial charge >= 0.3 is 0 Å². The Morgan fingerprint density at radius 2 is 2.00 bits per heavy atom. The lowest BCUT2D eigenvalue weighted by Crippen LogP contribution is -2.28. The van der Waals surface area contributed by atoms with Crippen molar-refractivity contribution in [1.82, 2.24) is 0 Å². The van der Waals surface area contributed by atoms with Crippen LogP contribution in [0.25, 0.3) is 0 Å². The number of benzene rings is 1. The van der Waals surface area contributed by atoms with Gasteiger partial charge in [0.05, 0.1) is 10.6 Å². The first kappa shape index (κ1) is 13.0. The second kappa shape index (κ2) is 5.32. The zero-order chi connectivity index (χ0) is 12.2. The molecule has 0 radical (unpaired) electrons. The van der Waals surface area contributed by atoms with Gasteiger partial charge in [0.2, 0.25) is 0 Å². The largest absolute Gasteiger partial charge is 0.382 e. The number of para-hydroxylation sites is 1. The molecule has 0 saturated heterocycles. The molecule has 90 valence electrons. The summed E-state index contributed by atoms with van der Waals surface area (Å²) in [6, 6.07) is 6.89. The molecule has 1 aromatic rings. The van der Waals surface area contributed by atoms with Crippen LogP contribution in [-0.2, 0) is 9.84 Å². The van der Waals surface area contributed by atoms with E-state index in [-0.39, 0.29) is 6.04 Å². The van der Waals surface area contributed by atoms with Gasteiger partial charge in [0, 0.05) is 18.8 Å². The van der Waals surface area contributed by atoms with Crippen molar-refractivity contribution in [3.63, 3.8) is 0 Å². The Balaban J connectivity index is 2.88. The molecule has 0 saturated carbocycles. The molecule has 0 fully saturated rings. The summed E-state index contributed by atoms with van der Waals surface area (Å²) in [6.45, 7) is 2.57. The van der Waals surface area contributed by atoms with Crippen molar-refractivity contribution < 1.29 is 8.42 Å². The van der Waals surface area contributed by atoms with Gasteiger partial charge in [-0.25, -0.2) is 8.42 Å². The average molecular weight is 242 g/mol. The molecule has 3 N–H and O–H groups in total. The molecule has 4 nitrogen and oxygen atoms in total. The van der Waals surface area contributed by atoms with Gasteiger partial charge in [0.1, 0.15) is 0 Å². The Bertz CT molecular complexity index is 443. The number of sulfone groups is 1. The van der Waals surface area contributed by atoms with Gasteiger partial charge in [0.25, 0.3) is 0 Å². The fourth-order valence-corrected chi connectivity index (χ4v) is 2.19. The van der Waals surface area contributed by atoms with E-state index in [4.69, 9.17) is 5.73 Å². The summed E-state index contributed by atoms with van der Waals surface area (Å²) in [5.74, 6) is 0. The number of nitrogens with one attached hydrogen (secondary N) is 1. The van der Waals surface area contributed by atoms with Crippen molar-refractivity contribution in [3.8, 4) is 0 Å². The summed E-state index contributed by atoms with van der Waals surface area (Å²) >= 11 is 0. The fraction of sp³-hybridized carbons (Fsp3) is 0.455. The molecule has 1 atom stereocenters. The van der Waals surface area contributed by atoms with Crippen LogP contribution in [0.2, 0.25) is 0 Å². The summed E-state index contributed by atoms with van der Waals surface area (Å²) in [4.78, 5) is 0.318. The van der Waals surface area contributed by atoms with Gasteiger partial charge in [-0.2, -0.15) is 0 Å². The molecule has 0 spiro atoms. The highest BCUT2D eigenvalue weighted by Crippen LogP contribution is 2.20. The van der Waals surface area contributed by atoms with Crippen LogP contribution in [-0.4, -0.2) is 27.3 Å². The molecule has 5 heteroatoms. The van der Waals surface area contributed by atoms with Crippen molar-refractivity contribution >= 4 is 15.5 Å². The second-order valence-electron chi connectivity index (χ2n) is 3.82. The lowest BCUT2D eigenvalue weighted by molar-refractivity contribution is 0.602. The van der Waals surface area contributed by atoms with E-state index in [1.165, 1.54) is 6.26 Å². The Labute approximate surface area is 96.8 Å².